The van der Waals surface area contributed by atoms with E-state index in [1.54, 1.807) is 33.2 Å². The number of hydrogen-bond acceptors (Lipinski definition) is 9. The summed E-state index contributed by atoms with van der Waals surface area (Å²) in [5.74, 6) is -2.09. The lowest BCUT2D eigenvalue weighted by atomic mass is 9.80. The Morgan fingerprint density at radius 1 is 0.950 bits per heavy atom. The van der Waals surface area contributed by atoms with Crippen molar-refractivity contribution >= 4 is 29.8 Å². The second-order valence-electron chi connectivity index (χ2n) is 18.2. The number of guanidine groups is 1. The zero-order valence-corrected chi connectivity index (χ0v) is 39.4. The van der Waals surface area contributed by atoms with Crippen molar-refractivity contribution in [2.24, 2.45) is 34.4 Å². The van der Waals surface area contributed by atoms with Crippen LogP contribution in [0.3, 0.4) is 0 Å². The average molecular weight is 846 g/mol. The van der Waals surface area contributed by atoms with E-state index in [2.05, 4.69) is 13.8 Å². The second kappa shape index (κ2) is 23.9. The number of likely N-dealkylation sites (N-methyl/N-ethyl adjacent to an activating group) is 3. The lowest BCUT2D eigenvalue weighted by molar-refractivity contribution is -0.147. The first kappa shape index (κ1) is 52.2. The van der Waals surface area contributed by atoms with Crippen LogP contribution in [0, 0.1) is 23.7 Å². The fourth-order valence-corrected chi connectivity index (χ4v) is 8.24. The van der Waals surface area contributed by atoms with E-state index in [9.17, 15) is 24.3 Å². The number of benzene rings is 1. The molecule has 1 aliphatic rings. The first-order valence-corrected chi connectivity index (χ1v) is 21.5. The molecule has 15 heteroatoms. The molecule has 1 fully saturated rings. The fourth-order valence-electron chi connectivity index (χ4n) is 8.24. The van der Waals surface area contributed by atoms with Crippen LogP contribution < -0.4 is 5.73 Å². The highest BCUT2D eigenvalue weighted by atomic mass is 16.6. The molecule has 342 valence electrons. The third-order valence-electron chi connectivity index (χ3n) is 11.9. The van der Waals surface area contributed by atoms with Crippen LogP contribution in [0.4, 0.5) is 4.79 Å². The number of carboxylic acid groups (broad SMARTS) is 1. The van der Waals surface area contributed by atoms with Gasteiger partial charge < -0.3 is 49.6 Å². The maximum absolute atomic E-state index is 14.6. The van der Waals surface area contributed by atoms with E-state index >= 15 is 0 Å². The highest BCUT2D eigenvalue weighted by Gasteiger charge is 2.44. The van der Waals surface area contributed by atoms with Gasteiger partial charge in [-0.25, -0.2) is 9.79 Å². The number of carboxylic acids is 1. The molecular formula is C45H79N7O8. The topological polar surface area (TPSA) is 171 Å². The summed E-state index contributed by atoms with van der Waals surface area (Å²) in [6, 6.07) is 7.22. The highest BCUT2D eigenvalue weighted by Crippen LogP contribution is 2.32. The number of aliphatic imine (C=N–C) groups is 1. The van der Waals surface area contributed by atoms with E-state index in [0.29, 0.717) is 32.0 Å². The maximum atomic E-state index is 14.6. The van der Waals surface area contributed by atoms with Crippen molar-refractivity contribution in [2.75, 3.05) is 69.1 Å². The normalized spacial score (nSPS) is 18.8. The van der Waals surface area contributed by atoms with Gasteiger partial charge >= 0.3 is 12.1 Å². The van der Waals surface area contributed by atoms with Crippen LogP contribution in [0.1, 0.15) is 86.6 Å². The van der Waals surface area contributed by atoms with Crippen molar-refractivity contribution < 1.29 is 38.5 Å². The molecule has 2 rings (SSSR count). The summed E-state index contributed by atoms with van der Waals surface area (Å²) in [7, 11) is 12.3. The Bertz CT molecular complexity index is 1540. The van der Waals surface area contributed by atoms with Crippen molar-refractivity contribution in [2.45, 2.75) is 129 Å². The van der Waals surface area contributed by atoms with Crippen LogP contribution in [-0.2, 0) is 35.0 Å². The van der Waals surface area contributed by atoms with Crippen LogP contribution in [0.15, 0.2) is 35.3 Å². The molecule has 9 atom stereocenters. The van der Waals surface area contributed by atoms with Gasteiger partial charge in [-0.2, -0.15) is 0 Å². The Balaban J connectivity index is 2.34. The summed E-state index contributed by atoms with van der Waals surface area (Å²) in [5, 5.41) is 10.2. The number of carbonyl (C=O) groups is 4. The molecule has 1 aliphatic heterocycles. The van der Waals surface area contributed by atoms with Crippen molar-refractivity contribution in [3.05, 3.63) is 35.9 Å². The van der Waals surface area contributed by atoms with Crippen LogP contribution in [-0.4, -0.2) is 171 Å². The Hall–Kier alpha value is -3.95. The van der Waals surface area contributed by atoms with Gasteiger partial charge in [-0.15, -0.1) is 0 Å². The summed E-state index contributed by atoms with van der Waals surface area (Å²) in [5.41, 5.74) is 7.02. The minimum atomic E-state index is -0.969. The number of likely N-dealkylation sites (tertiary alicyclic amines) is 1. The van der Waals surface area contributed by atoms with Crippen LogP contribution in [0.2, 0.25) is 0 Å². The predicted molar refractivity (Wildman–Crippen MR) is 237 cm³/mol. The van der Waals surface area contributed by atoms with Crippen molar-refractivity contribution in [3.8, 4) is 0 Å². The predicted octanol–water partition coefficient (Wildman–Crippen LogP) is 4.92. The van der Waals surface area contributed by atoms with E-state index in [0.717, 1.165) is 18.4 Å². The summed E-state index contributed by atoms with van der Waals surface area (Å²) in [6.45, 7) is 16.8. The fraction of sp³-hybridized carbons (Fsp3) is 0.756. The third-order valence-corrected chi connectivity index (χ3v) is 11.9. The highest BCUT2D eigenvalue weighted by molar-refractivity contribution is 5.87. The van der Waals surface area contributed by atoms with E-state index < -0.39 is 53.9 Å². The SMILES string of the molecule is CC[C@H](C)[C@@H]([C@@H](CC(=O)N1CCC[C@H]1[C@H](OC)[C@H](C)C(N)C(Cc1ccccc1)C(=O)O)OC)N(C)C(=O)[C@@H](/N=C(/N(C)C)N(C)CCN(C)C(=O)OC(C)(C)C)C(C)C. The zero-order valence-electron chi connectivity index (χ0n) is 39.4. The molecule has 0 spiro atoms. The van der Waals surface area contributed by atoms with Crippen molar-refractivity contribution in [3.63, 3.8) is 0 Å². The van der Waals surface area contributed by atoms with Gasteiger partial charge in [0.05, 0.1) is 36.6 Å². The van der Waals surface area contributed by atoms with Gasteiger partial charge in [0, 0.05) is 81.1 Å². The molecule has 3 N–H and O–H groups in total. The quantitative estimate of drug-likeness (QED) is 0.127. The van der Waals surface area contributed by atoms with E-state index in [4.69, 9.17) is 24.9 Å². The second-order valence-corrected chi connectivity index (χ2v) is 18.2. The lowest BCUT2D eigenvalue weighted by Gasteiger charge is -2.41. The van der Waals surface area contributed by atoms with Gasteiger partial charge in [-0.05, 0) is 57.4 Å². The largest absolute Gasteiger partial charge is 0.481 e. The van der Waals surface area contributed by atoms with Gasteiger partial charge in [0.15, 0.2) is 5.96 Å². The van der Waals surface area contributed by atoms with Gasteiger partial charge in [0.2, 0.25) is 11.8 Å². The molecule has 0 aliphatic carbocycles. The van der Waals surface area contributed by atoms with Gasteiger partial charge in [-0.1, -0.05) is 71.4 Å². The number of aliphatic carboxylic acids is 1. The Morgan fingerprint density at radius 2 is 1.55 bits per heavy atom. The monoisotopic (exact) mass is 846 g/mol. The standard InChI is InChI=1S/C45H79N7O8/c1-16-30(4)39(51(13)41(54)38(29(2)3)47-43(48(9)10)49(11)25-26-50(12)44(57)60-45(6,7)8)35(58-14)28-36(53)52-24-20-23-34(52)40(59-15)31(5)37(46)33(42(55)56)27-32-21-18-17-19-22-32/h17-19,21-22,29-31,33-35,37-40H,16,20,23-28,46H2,1-15H3,(H,55,56)/b47-43-/t30-,31+,33?,34-,35+,37?,38-,39-,40+/m0/s1. The van der Waals surface area contributed by atoms with Crippen molar-refractivity contribution in [1.29, 1.82) is 0 Å². The van der Waals surface area contributed by atoms with Crippen LogP contribution in [0.25, 0.3) is 0 Å². The molecule has 3 amide bonds. The molecule has 1 heterocycles. The molecule has 0 saturated carbocycles. The van der Waals surface area contributed by atoms with Crippen LogP contribution in [0.5, 0.6) is 0 Å². The summed E-state index contributed by atoms with van der Waals surface area (Å²) in [4.78, 5) is 68.0. The minimum Gasteiger partial charge on any atom is -0.481 e. The maximum Gasteiger partial charge on any atom is 0.410 e. The first-order chi connectivity index (χ1) is 28.0. The van der Waals surface area contributed by atoms with Crippen LogP contribution >= 0.6 is 0 Å². The van der Waals surface area contributed by atoms with Gasteiger partial charge in [0.25, 0.3) is 0 Å². The number of carbonyl (C=O) groups excluding carboxylic acids is 3. The summed E-state index contributed by atoms with van der Waals surface area (Å²) >= 11 is 0. The van der Waals surface area contributed by atoms with Crippen molar-refractivity contribution in [1.82, 2.24) is 24.5 Å². The van der Waals surface area contributed by atoms with Gasteiger partial charge in [-0.3, -0.25) is 14.4 Å². The number of nitrogens with zero attached hydrogens (tertiary/aromatic N) is 6. The average Bonchev–Trinajstić information content (AvgIpc) is 3.67. The molecule has 60 heavy (non-hydrogen) atoms. The Morgan fingerprint density at radius 3 is 2.05 bits per heavy atom. The summed E-state index contributed by atoms with van der Waals surface area (Å²) < 4.78 is 17.7. The lowest BCUT2D eigenvalue weighted by Crippen LogP contribution is -2.55. The molecular weight excluding hydrogens is 767 g/mol. The number of ether oxygens (including phenoxy) is 3. The molecule has 2 unspecified atom stereocenters. The molecule has 1 aromatic carbocycles. The number of nitrogens with two attached hydrogens (primary N) is 1. The first-order valence-electron chi connectivity index (χ1n) is 21.5. The number of amides is 3. The van der Waals surface area contributed by atoms with E-state index in [1.807, 2.05) is 108 Å². The Labute approximate surface area is 360 Å². The Kier molecular flexibility index (Phi) is 20.8. The number of hydrogen-bond donors (Lipinski definition) is 2. The van der Waals surface area contributed by atoms with E-state index in [-0.39, 0.29) is 48.5 Å². The zero-order chi connectivity index (χ0) is 45.6. The number of methoxy groups -OCH3 is 2. The van der Waals surface area contributed by atoms with Gasteiger partial charge in [0.1, 0.15) is 11.6 Å². The summed E-state index contributed by atoms with van der Waals surface area (Å²) in [6.07, 6.45) is 0.985. The molecule has 0 radical (unpaired) electrons. The minimum absolute atomic E-state index is 0.0236. The molecule has 1 saturated heterocycles. The third kappa shape index (κ3) is 14.6. The molecule has 0 aromatic heterocycles. The molecule has 0 bridgehead atoms. The van der Waals surface area contributed by atoms with E-state index in [1.165, 1.54) is 4.90 Å². The smallest absolute Gasteiger partial charge is 0.410 e. The number of rotatable bonds is 21. The molecule has 15 nitrogen and oxygen atoms in total. The molecule has 1 aromatic rings.